The summed E-state index contributed by atoms with van der Waals surface area (Å²) in [6.07, 6.45) is 0. The summed E-state index contributed by atoms with van der Waals surface area (Å²) in [4.78, 5) is 13.7. The minimum absolute atomic E-state index is 0.290. The van der Waals surface area contributed by atoms with Crippen LogP contribution in [0.2, 0.25) is 0 Å². The summed E-state index contributed by atoms with van der Waals surface area (Å²) >= 11 is 0. The van der Waals surface area contributed by atoms with Crippen LogP contribution in [0.1, 0.15) is 0 Å². The smallest absolute Gasteiger partial charge is 0.408 e. The third-order valence-electron chi connectivity index (χ3n) is 2.25. The zero-order chi connectivity index (χ0) is 11.1. The minimum Gasteiger partial charge on any atom is -0.408 e. The van der Waals surface area contributed by atoms with Gasteiger partial charge in [0.15, 0.2) is 17.2 Å². The van der Waals surface area contributed by atoms with Crippen LogP contribution in [0.15, 0.2) is 38.0 Å². The van der Waals surface area contributed by atoms with Crippen LogP contribution in [0.3, 0.4) is 0 Å². The fraction of sp³-hybridized carbons (Fsp3) is 0. The molecule has 0 bridgehead atoms. The van der Waals surface area contributed by atoms with E-state index in [2.05, 4.69) is 10.1 Å². The highest BCUT2D eigenvalue weighted by Gasteiger charge is 2.11. The van der Waals surface area contributed by atoms with E-state index in [1.165, 1.54) is 0 Å². The molecule has 0 saturated carbocycles. The van der Waals surface area contributed by atoms with Gasteiger partial charge in [0.05, 0.1) is 5.52 Å². The Labute approximate surface area is 88.7 Å². The molecule has 0 aliphatic carbocycles. The third kappa shape index (κ3) is 1.20. The molecule has 2 aromatic heterocycles. The number of nitrogen functional groups attached to an aromatic ring is 1. The van der Waals surface area contributed by atoms with Gasteiger partial charge in [-0.2, -0.15) is 0 Å². The number of H-pyrrole nitrogens is 1. The lowest BCUT2D eigenvalue weighted by Gasteiger charge is -1.95. The Morgan fingerprint density at radius 2 is 2.25 bits per heavy atom. The highest BCUT2D eigenvalue weighted by Crippen LogP contribution is 2.27. The molecule has 6 nitrogen and oxygen atoms in total. The van der Waals surface area contributed by atoms with E-state index in [1.54, 1.807) is 24.3 Å². The molecule has 0 atom stereocenters. The van der Waals surface area contributed by atoms with Gasteiger partial charge in [-0.05, 0) is 12.1 Å². The van der Waals surface area contributed by atoms with Gasteiger partial charge in [-0.1, -0.05) is 11.2 Å². The molecule has 0 fully saturated rings. The third-order valence-corrected chi connectivity index (χ3v) is 2.25. The second kappa shape index (κ2) is 2.99. The van der Waals surface area contributed by atoms with Gasteiger partial charge in [0.1, 0.15) is 0 Å². The molecule has 0 spiro atoms. The fourth-order valence-corrected chi connectivity index (χ4v) is 1.59. The number of aromatic nitrogens is 2. The maximum absolute atomic E-state index is 11.1. The summed E-state index contributed by atoms with van der Waals surface area (Å²) in [6, 6.07) is 6.82. The molecule has 6 heteroatoms. The van der Waals surface area contributed by atoms with Crippen molar-refractivity contribution in [2.45, 2.75) is 0 Å². The molecular formula is C10H7N3O3. The first-order valence-electron chi connectivity index (χ1n) is 4.58. The molecule has 0 aliphatic rings. The van der Waals surface area contributed by atoms with Crippen molar-refractivity contribution in [2.24, 2.45) is 0 Å². The van der Waals surface area contributed by atoms with E-state index in [0.29, 0.717) is 22.4 Å². The predicted molar refractivity (Wildman–Crippen MR) is 56.7 cm³/mol. The van der Waals surface area contributed by atoms with Gasteiger partial charge in [0.25, 0.3) is 0 Å². The standard InChI is InChI=1S/C10H7N3O3/c11-8-4-7(16-13-8)5-2-1-3-6-9(5)12-10(14)15-6/h1-4H,(H2,11,13)(H,12,14). The van der Waals surface area contributed by atoms with Gasteiger partial charge in [-0.3, -0.25) is 4.98 Å². The molecule has 0 unspecified atom stereocenters. The van der Waals surface area contributed by atoms with E-state index >= 15 is 0 Å². The minimum atomic E-state index is -0.505. The molecule has 80 valence electrons. The number of nitrogens with one attached hydrogen (secondary N) is 1. The number of rotatable bonds is 1. The summed E-state index contributed by atoms with van der Waals surface area (Å²) in [5.41, 5.74) is 7.20. The van der Waals surface area contributed by atoms with Crippen LogP contribution in [0.4, 0.5) is 5.82 Å². The van der Waals surface area contributed by atoms with Crippen molar-refractivity contribution in [3.05, 3.63) is 34.8 Å². The Hall–Kier alpha value is -2.50. The van der Waals surface area contributed by atoms with E-state index in [0.717, 1.165) is 0 Å². The first-order valence-corrected chi connectivity index (χ1v) is 4.58. The van der Waals surface area contributed by atoms with Crippen LogP contribution in [-0.2, 0) is 0 Å². The SMILES string of the molecule is Nc1cc(-c2cccc3oc(=O)[nH]c23)on1. The normalized spacial score (nSPS) is 11.0. The van der Waals surface area contributed by atoms with Crippen molar-refractivity contribution in [3.63, 3.8) is 0 Å². The number of hydrogen-bond acceptors (Lipinski definition) is 5. The van der Waals surface area contributed by atoms with Crippen molar-refractivity contribution in [3.8, 4) is 11.3 Å². The summed E-state index contributed by atoms with van der Waals surface area (Å²) in [7, 11) is 0. The molecule has 1 aromatic carbocycles. The zero-order valence-electron chi connectivity index (χ0n) is 8.06. The molecular weight excluding hydrogens is 210 g/mol. The molecule has 3 N–H and O–H groups in total. The first-order chi connectivity index (χ1) is 7.74. The number of benzene rings is 1. The van der Waals surface area contributed by atoms with Crippen molar-refractivity contribution >= 4 is 16.9 Å². The Kier molecular flexibility index (Phi) is 1.64. The van der Waals surface area contributed by atoms with E-state index in [-0.39, 0.29) is 5.82 Å². The number of nitrogens with zero attached hydrogens (tertiary/aromatic N) is 1. The average Bonchev–Trinajstić information content (AvgIpc) is 2.82. The molecule has 16 heavy (non-hydrogen) atoms. The van der Waals surface area contributed by atoms with Gasteiger partial charge in [0, 0.05) is 11.6 Å². The number of aromatic amines is 1. The Morgan fingerprint density at radius 1 is 1.38 bits per heavy atom. The number of nitrogens with two attached hydrogens (primary N) is 1. The average molecular weight is 217 g/mol. The maximum atomic E-state index is 11.1. The Balaban J connectivity index is 2.34. The van der Waals surface area contributed by atoms with Gasteiger partial charge < -0.3 is 14.7 Å². The first kappa shape index (κ1) is 8.78. The molecule has 0 saturated heterocycles. The second-order valence-electron chi connectivity index (χ2n) is 3.31. The van der Waals surface area contributed by atoms with Crippen LogP contribution in [0, 0.1) is 0 Å². The predicted octanol–water partition coefficient (Wildman–Crippen LogP) is 1.36. The molecule has 3 aromatic rings. The van der Waals surface area contributed by atoms with Crippen molar-refractivity contribution in [2.75, 3.05) is 5.73 Å². The van der Waals surface area contributed by atoms with E-state index in [1.807, 2.05) is 0 Å². The van der Waals surface area contributed by atoms with Crippen LogP contribution in [-0.4, -0.2) is 10.1 Å². The van der Waals surface area contributed by atoms with Crippen molar-refractivity contribution < 1.29 is 8.94 Å². The second-order valence-corrected chi connectivity index (χ2v) is 3.31. The highest BCUT2D eigenvalue weighted by molar-refractivity contribution is 5.89. The molecule has 0 aliphatic heterocycles. The Bertz CT molecular complexity index is 707. The zero-order valence-corrected chi connectivity index (χ0v) is 8.06. The lowest BCUT2D eigenvalue weighted by atomic mass is 10.1. The largest absolute Gasteiger partial charge is 0.417 e. The lowest BCUT2D eigenvalue weighted by molar-refractivity contribution is 0.436. The summed E-state index contributed by atoms with van der Waals surface area (Å²) in [5, 5.41) is 3.59. The van der Waals surface area contributed by atoms with E-state index < -0.39 is 5.76 Å². The topological polar surface area (TPSA) is 98.0 Å². The van der Waals surface area contributed by atoms with Gasteiger partial charge in [0.2, 0.25) is 0 Å². The number of para-hydroxylation sites is 1. The van der Waals surface area contributed by atoms with E-state index in [9.17, 15) is 4.79 Å². The van der Waals surface area contributed by atoms with Crippen LogP contribution >= 0.6 is 0 Å². The quantitative estimate of drug-likeness (QED) is 0.641. The number of anilines is 1. The van der Waals surface area contributed by atoms with Crippen LogP contribution in [0.25, 0.3) is 22.4 Å². The van der Waals surface area contributed by atoms with Crippen molar-refractivity contribution in [1.29, 1.82) is 0 Å². The highest BCUT2D eigenvalue weighted by atomic mass is 16.5. The number of oxazole rings is 1. The number of fused-ring (bicyclic) bond motifs is 1. The molecule has 2 heterocycles. The maximum Gasteiger partial charge on any atom is 0.417 e. The summed E-state index contributed by atoms with van der Waals surface area (Å²) in [5.74, 6) is 0.271. The van der Waals surface area contributed by atoms with Gasteiger partial charge >= 0.3 is 5.76 Å². The van der Waals surface area contributed by atoms with Gasteiger partial charge in [-0.15, -0.1) is 0 Å². The van der Waals surface area contributed by atoms with Crippen LogP contribution < -0.4 is 11.5 Å². The fourth-order valence-electron chi connectivity index (χ4n) is 1.59. The van der Waals surface area contributed by atoms with E-state index in [4.69, 9.17) is 14.7 Å². The van der Waals surface area contributed by atoms with Gasteiger partial charge in [-0.25, -0.2) is 4.79 Å². The Morgan fingerprint density at radius 3 is 3.00 bits per heavy atom. The van der Waals surface area contributed by atoms with Crippen molar-refractivity contribution in [1.82, 2.24) is 10.1 Å². The molecule has 0 amide bonds. The lowest BCUT2D eigenvalue weighted by Crippen LogP contribution is -1.93. The molecule has 3 rings (SSSR count). The summed E-state index contributed by atoms with van der Waals surface area (Å²) in [6.45, 7) is 0. The van der Waals surface area contributed by atoms with Crippen LogP contribution in [0.5, 0.6) is 0 Å². The molecule has 0 radical (unpaired) electrons. The number of hydrogen-bond donors (Lipinski definition) is 2. The summed E-state index contributed by atoms with van der Waals surface area (Å²) < 4.78 is 9.96. The monoisotopic (exact) mass is 217 g/mol.